The van der Waals surface area contributed by atoms with Gasteiger partial charge in [0.2, 0.25) is 0 Å². The molecule has 7 rings (SSSR count). The topological polar surface area (TPSA) is 25.8 Å². The zero-order chi connectivity index (χ0) is 18.9. The van der Waals surface area contributed by atoms with Gasteiger partial charge in [-0.15, -0.1) is 11.3 Å². The molecule has 0 saturated carbocycles. The fourth-order valence-corrected chi connectivity index (χ4v) is 5.71. The molecule has 0 N–H and O–H groups in total. The third-order valence-electron chi connectivity index (χ3n) is 5.90. The van der Waals surface area contributed by atoms with E-state index >= 15 is 0 Å². The Balaban J connectivity index is 1.80. The maximum Gasteiger partial charge on any atom is 0.0971 e. The molecule has 2 aromatic heterocycles. The molecule has 0 aliphatic carbocycles. The largest absolute Gasteiger partial charge is 0.252 e. The third kappa shape index (κ3) is 2.05. The van der Waals surface area contributed by atoms with Crippen LogP contribution in [0.1, 0.15) is 0 Å². The first-order chi connectivity index (χ1) is 14.4. The van der Waals surface area contributed by atoms with Crippen LogP contribution in [0.15, 0.2) is 85.2 Å². The average molecular weight is 386 g/mol. The van der Waals surface area contributed by atoms with Crippen LogP contribution in [0.25, 0.3) is 63.5 Å². The number of hydrogen-bond acceptors (Lipinski definition) is 3. The molecule has 0 radical (unpaired) electrons. The van der Waals surface area contributed by atoms with E-state index < -0.39 is 0 Å². The molecule has 5 aromatic carbocycles. The molecule has 2 nitrogen and oxygen atoms in total. The average Bonchev–Trinajstić information content (AvgIpc) is 3.15. The SMILES string of the molecule is c1ccc2cc3c(cc2c1)c1cc2sc4ccccc4c2cc1c1nccnc31. The summed E-state index contributed by atoms with van der Waals surface area (Å²) in [7, 11) is 0. The molecule has 0 saturated heterocycles. The van der Waals surface area contributed by atoms with Crippen molar-refractivity contribution >= 4 is 74.9 Å². The molecule has 0 aliphatic heterocycles. The highest BCUT2D eigenvalue weighted by Gasteiger charge is 2.14. The van der Waals surface area contributed by atoms with E-state index in [2.05, 4.69) is 72.8 Å². The van der Waals surface area contributed by atoms with Gasteiger partial charge in [-0.1, -0.05) is 42.5 Å². The van der Waals surface area contributed by atoms with Gasteiger partial charge in [-0.2, -0.15) is 0 Å². The van der Waals surface area contributed by atoms with Crippen LogP contribution < -0.4 is 0 Å². The Hall–Kier alpha value is -3.56. The molecule has 0 bridgehead atoms. The van der Waals surface area contributed by atoms with Gasteiger partial charge in [0.15, 0.2) is 0 Å². The van der Waals surface area contributed by atoms with Crippen molar-refractivity contribution < 1.29 is 0 Å². The monoisotopic (exact) mass is 386 g/mol. The molecule has 2 heterocycles. The second-order valence-corrected chi connectivity index (χ2v) is 8.57. The molecule has 0 spiro atoms. The summed E-state index contributed by atoms with van der Waals surface area (Å²) in [6, 6.07) is 26.4. The minimum absolute atomic E-state index is 0.972. The molecule has 134 valence electrons. The van der Waals surface area contributed by atoms with Crippen molar-refractivity contribution in [2.24, 2.45) is 0 Å². The Morgan fingerprint density at radius 2 is 1.10 bits per heavy atom. The molecule has 0 unspecified atom stereocenters. The minimum atomic E-state index is 0.972. The van der Waals surface area contributed by atoms with Crippen molar-refractivity contribution in [2.75, 3.05) is 0 Å². The van der Waals surface area contributed by atoms with Gasteiger partial charge in [0.25, 0.3) is 0 Å². The predicted octanol–water partition coefficient (Wildman–Crippen LogP) is 7.46. The Bertz CT molecular complexity index is 1760. The molecular weight excluding hydrogens is 372 g/mol. The third-order valence-corrected chi connectivity index (χ3v) is 7.03. The van der Waals surface area contributed by atoms with Crippen molar-refractivity contribution in [1.82, 2.24) is 9.97 Å². The van der Waals surface area contributed by atoms with Gasteiger partial charge >= 0.3 is 0 Å². The van der Waals surface area contributed by atoms with Gasteiger partial charge in [0.05, 0.1) is 11.0 Å². The van der Waals surface area contributed by atoms with Crippen LogP contribution in [0, 0.1) is 0 Å². The molecule has 0 atom stereocenters. The van der Waals surface area contributed by atoms with Crippen molar-refractivity contribution in [1.29, 1.82) is 0 Å². The van der Waals surface area contributed by atoms with E-state index in [1.165, 1.54) is 52.5 Å². The summed E-state index contributed by atoms with van der Waals surface area (Å²) in [6.07, 6.45) is 3.59. The Kier molecular flexibility index (Phi) is 2.91. The van der Waals surface area contributed by atoms with E-state index in [9.17, 15) is 0 Å². The Morgan fingerprint density at radius 1 is 0.483 bits per heavy atom. The van der Waals surface area contributed by atoms with Crippen molar-refractivity contribution in [3.63, 3.8) is 0 Å². The van der Waals surface area contributed by atoms with Gasteiger partial charge in [-0.3, -0.25) is 9.97 Å². The van der Waals surface area contributed by atoms with E-state index in [1.807, 2.05) is 11.3 Å². The number of aromatic nitrogens is 2. The molecule has 0 fully saturated rings. The first-order valence-corrected chi connectivity index (χ1v) is 10.5. The lowest BCUT2D eigenvalue weighted by Gasteiger charge is -2.11. The van der Waals surface area contributed by atoms with Crippen LogP contribution in [0.3, 0.4) is 0 Å². The van der Waals surface area contributed by atoms with Gasteiger partial charge in [0.1, 0.15) is 0 Å². The van der Waals surface area contributed by atoms with E-state index in [0.29, 0.717) is 0 Å². The maximum atomic E-state index is 4.75. The Morgan fingerprint density at radius 3 is 1.90 bits per heavy atom. The summed E-state index contributed by atoms with van der Waals surface area (Å²) < 4.78 is 2.64. The quantitative estimate of drug-likeness (QED) is 0.200. The lowest BCUT2D eigenvalue weighted by atomic mass is 9.95. The van der Waals surface area contributed by atoms with Gasteiger partial charge in [-0.05, 0) is 51.9 Å². The predicted molar refractivity (Wildman–Crippen MR) is 125 cm³/mol. The fourth-order valence-electron chi connectivity index (χ4n) is 4.58. The van der Waals surface area contributed by atoms with Crippen LogP contribution in [0.2, 0.25) is 0 Å². The molecule has 29 heavy (non-hydrogen) atoms. The van der Waals surface area contributed by atoms with E-state index in [-0.39, 0.29) is 0 Å². The lowest BCUT2D eigenvalue weighted by Crippen LogP contribution is -1.89. The second kappa shape index (κ2) is 5.49. The van der Waals surface area contributed by atoms with Gasteiger partial charge < -0.3 is 0 Å². The molecule has 0 aliphatic rings. The highest BCUT2D eigenvalue weighted by Crippen LogP contribution is 2.41. The van der Waals surface area contributed by atoms with Crippen LogP contribution in [-0.2, 0) is 0 Å². The number of nitrogens with zero attached hydrogens (tertiary/aromatic N) is 2. The van der Waals surface area contributed by atoms with Crippen LogP contribution in [-0.4, -0.2) is 9.97 Å². The van der Waals surface area contributed by atoms with E-state index in [1.54, 1.807) is 12.4 Å². The summed E-state index contributed by atoms with van der Waals surface area (Å²) in [5.74, 6) is 0. The Labute approximate surface area is 170 Å². The van der Waals surface area contributed by atoms with Crippen molar-refractivity contribution in [2.45, 2.75) is 0 Å². The summed E-state index contributed by atoms with van der Waals surface area (Å²) in [6.45, 7) is 0. The van der Waals surface area contributed by atoms with Crippen LogP contribution >= 0.6 is 11.3 Å². The number of thiophene rings is 1. The van der Waals surface area contributed by atoms with E-state index in [0.717, 1.165) is 11.0 Å². The first-order valence-electron chi connectivity index (χ1n) is 9.67. The molecule has 3 heteroatoms. The van der Waals surface area contributed by atoms with Crippen molar-refractivity contribution in [3.8, 4) is 0 Å². The summed E-state index contributed by atoms with van der Waals surface area (Å²) >= 11 is 1.86. The van der Waals surface area contributed by atoms with Gasteiger partial charge in [0, 0.05) is 43.3 Å². The number of benzene rings is 5. The first kappa shape index (κ1) is 15.4. The number of fused-ring (bicyclic) bond motifs is 10. The van der Waals surface area contributed by atoms with Crippen LogP contribution in [0.5, 0.6) is 0 Å². The van der Waals surface area contributed by atoms with Crippen LogP contribution in [0.4, 0.5) is 0 Å². The minimum Gasteiger partial charge on any atom is -0.252 e. The summed E-state index contributed by atoms with van der Waals surface area (Å²) in [4.78, 5) is 9.49. The number of rotatable bonds is 0. The highest BCUT2D eigenvalue weighted by atomic mass is 32.1. The fraction of sp³-hybridized carbons (Fsp3) is 0. The molecular formula is C26H14N2S. The van der Waals surface area contributed by atoms with E-state index in [4.69, 9.17) is 9.97 Å². The number of hydrogen-bond donors (Lipinski definition) is 0. The molecule has 7 aromatic rings. The van der Waals surface area contributed by atoms with Crippen molar-refractivity contribution in [3.05, 3.63) is 85.2 Å². The zero-order valence-corrected chi connectivity index (χ0v) is 16.2. The second-order valence-electron chi connectivity index (χ2n) is 7.49. The zero-order valence-electron chi connectivity index (χ0n) is 15.4. The smallest absolute Gasteiger partial charge is 0.0971 e. The normalized spacial score (nSPS) is 12.1. The molecule has 0 amide bonds. The van der Waals surface area contributed by atoms with Gasteiger partial charge in [-0.25, -0.2) is 0 Å². The summed E-state index contributed by atoms with van der Waals surface area (Å²) in [5.41, 5.74) is 1.95. The lowest BCUT2D eigenvalue weighted by molar-refractivity contribution is 1.31. The maximum absolute atomic E-state index is 4.75. The summed E-state index contributed by atoms with van der Waals surface area (Å²) in [5, 5.41) is 9.92. The highest BCUT2D eigenvalue weighted by molar-refractivity contribution is 7.25. The standard InChI is InChI=1S/C26H14N2S/c1-2-6-16-12-21-18(11-15(16)5-1)19-14-24-20(17-7-3-4-8-23(17)29-24)13-22(19)26-25(21)27-9-10-28-26/h1-14H.